The van der Waals surface area contributed by atoms with Gasteiger partial charge in [-0.2, -0.15) is 0 Å². The molecule has 1 aliphatic heterocycles. The van der Waals surface area contributed by atoms with Crippen molar-refractivity contribution in [2.75, 3.05) is 12.3 Å². The minimum absolute atomic E-state index is 0.0332. The summed E-state index contributed by atoms with van der Waals surface area (Å²) >= 11 is 1.58. The molecule has 1 aromatic heterocycles. The molecule has 1 saturated heterocycles. The first-order chi connectivity index (χ1) is 13.4. The third kappa shape index (κ3) is 3.79. The number of rotatable bonds is 5. The number of likely N-dealkylation sites (tertiary alicyclic amines) is 1. The van der Waals surface area contributed by atoms with Crippen molar-refractivity contribution in [3.63, 3.8) is 0 Å². The lowest BCUT2D eigenvalue weighted by atomic mass is 10.2. The average Bonchev–Trinajstić information content (AvgIpc) is 3.33. The number of halogens is 1. The third-order valence-electron chi connectivity index (χ3n) is 4.93. The first-order valence-corrected chi connectivity index (χ1v) is 11.5. The average molecular weight is 419 g/mol. The number of para-hydroxylation sites is 1. The number of amides is 1. The molecule has 0 spiro atoms. The van der Waals surface area contributed by atoms with E-state index in [4.69, 9.17) is 0 Å². The first-order valence-electron chi connectivity index (χ1n) is 9.07. The number of nitrogens with zero attached hydrogens (tertiary/aromatic N) is 2. The van der Waals surface area contributed by atoms with Gasteiger partial charge in [-0.05, 0) is 49.2 Å². The maximum absolute atomic E-state index is 13.0. The summed E-state index contributed by atoms with van der Waals surface area (Å²) in [5.74, 6) is -0.973. The van der Waals surface area contributed by atoms with Crippen LogP contribution in [0.4, 0.5) is 4.39 Å². The van der Waals surface area contributed by atoms with Gasteiger partial charge in [-0.15, -0.1) is 11.3 Å². The standard InChI is InChI=1S/C20H19FN2O3S2/c21-14-7-9-15(10-8-14)28(25,26)13-11-19(24)23-12-3-5-17(23)20-22-16-4-1-2-6-18(16)27-20/h1-2,4,6-10,17H,3,5,11-13H2. The summed E-state index contributed by atoms with van der Waals surface area (Å²) in [7, 11) is -3.63. The second-order valence-corrected chi connectivity index (χ2v) is 9.96. The number of thiazole rings is 1. The lowest BCUT2D eigenvalue weighted by Gasteiger charge is -2.23. The number of hydrogen-bond donors (Lipinski definition) is 0. The predicted octanol–water partition coefficient (Wildman–Crippen LogP) is 3.96. The van der Waals surface area contributed by atoms with Crippen molar-refractivity contribution in [2.24, 2.45) is 0 Å². The Bertz CT molecular complexity index is 1080. The molecular weight excluding hydrogens is 399 g/mol. The molecule has 3 aromatic rings. The van der Waals surface area contributed by atoms with E-state index in [1.165, 1.54) is 12.1 Å². The summed E-state index contributed by atoms with van der Waals surface area (Å²) in [6.45, 7) is 0.607. The van der Waals surface area contributed by atoms with Gasteiger partial charge >= 0.3 is 0 Å². The molecule has 2 aromatic carbocycles. The fourth-order valence-corrected chi connectivity index (χ4v) is 5.82. The van der Waals surface area contributed by atoms with Gasteiger partial charge in [0.1, 0.15) is 10.8 Å². The molecule has 0 N–H and O–H groups in total. The van der Waals surface area contributed by atoms with Gasteiger partial charge in [0.15, 0.2) is 9.84 Å². The summed E-state index contributed by atoms with van der Waals surface area (Å²) in [5.41, 5.74) is 0.917. The van der Waals surface area contributed by atoms with E-state index in [0.29, 0.717) is 6.54 Å². The molecule has 1 unspecified atom stereocenters. The highest BCUT2D eigenvalue weighted by molar-refractivity contribution is 7.91. The number of benzene rings is 2. The Morgan fingerprint density at radius 1 is 1.18 bits per heavy atom. The number of fused-ring (bicyclic) bond motifs is 1. The van der Waals surface area contributed by atoms with Crippen LogP contribution >= 0.6 is 11.3 Å². The fraction of sp³-hybridized carbons (Fsp3) is 0.300. The summed E-state index contributed by atoms with van der Waals surface area (Å²) < 4.78 is 38.9. The van der Waals surface area contributed by atoms with Crippen molar-refractivity contribution >= 4 is 37.3 Å². The Morgan fingerprint density at radius 3 is 2.68 bits per heavy atom. The summed E-state index contributed by atoms with van der Waals surface area (Å²) in [5, 5.41) is 0.897. The fourth-order valence-electron chi connectivity index (χ4n) is 3.48. The molecule has 0 bridgehead atoms. The smallest absolute Gasteiger partial charge is 0.224 e. The van der Waals surface area contributed by atoms with Gasteiger partial charge in [0.2, 0.25) is 5.91 Å². The van der Waals surface area contributed by atoms with Gasteiger partial charge < -0.3 is 4.90 Å². The third-order valence-corrected chi connectivity index (χ3v) is 7.80. The van der Waals surface area contributed by atoms with Crippen LogP contribution in [0.15, 0.2) is 53.4 Å². The van der Waals surface area contributed by atoms with E-state index in [-0.39, 0.29) is 29.0 Å². The molecule has 1 amide bonds. The lowest BCUT2D eigenvalue weighted by molar-refractivity contribution is -0.131. The van der Waals surface area contributed by atoms with Crippen LogP contribution in [0.5, 0.6) is 0 Å². The quantitative estimate of drug-likeness (QED) is 0.588. The van der Waals surface area contributed by atoms with Crippen LogP contribution in [0.25, 0.3) is 10.2 Å². The highest BCUT2D eigenvalue weighted by atomic mass is 32.2. The van der Waals surface area contributed by atoms with E-state index in [9.17, 15) is 17.6 Å². The van der Waals surface area contributed by atoms with Crippen molar-refractivity contribution in [2.45, 2.75) is 30.2 Å². The number of carbonyl (C=O) groups excluding carboxylic acids is 1. The zero-order chi connectivity index (χ0) is 19.7. The normalized spacial score (nSPS) is 17.3. The van der Waals surface area contributed by atoms with Crippen LogP contribution in [0.2, 0.25) is 0 Å². The van der Waals surface area contributed by atoms with Crippen molar-refractivity contribution in [3.8, 4) is 0 Å². The number of hydrogen-bond acceptors (Lipinski definition) is 5. The van der Waals surface area contributed by atoms with Gasteiger partial charge in [-0.25, -0.2) is 17.8 Å². The zero-order valence-corrected chi connectivity index (χ0v) is 16.7. The Hall–Kier alpha value is -2.32. The minimum atomic E-state index is -3.63. The van der Waals surface area contributed by atoms with Gasteiger partial charge in [0.25, 0.3) is 0 Å². The molecule has 1 fully saturated rings. The number of aromatic nitrogens is 1. The van der Waals surface area contributed by atoms with E-state index >= 15 is 0 Å². The van der Waals surface area contributed by atoms with Crippen molar-refractivity contribution in [1.82, 2.24) is 9.88 Å². The second-order valence-electron chi connectivity index (χ2n) is 6.79. The topological polar surface area (TPSA) is 67.3 Å². The maximum atomic E-state index is 13.0. The Balaban J connectivity index is 1.47. The van der Waals surface area contributed by atoms with Crippen molar-refractivity contribution < 1.29 is 17.6 Å². The van der Waals surface area contributed by atoms with Crippen LogP contribution in [0.3, 0.4) is 0 Å². The molecule has 0 radical (unpaired) electrons. The molecular formula is C20H19FN2O3S2. The van der Waals surface area contributed by atoms with Gasteiger partial charge in [-0.1, -0.05) is 12.1 Å². The van der Waals surface area contributed by atoms with E-state index in [0.717, 1.165) is 40.2 Å². The van der Waals surface area contributed by atoms with E-state index < -0.39 is 15.7 Å². The highest BCUT2D eigenvalue weighted by Crippen LogP contribution is 2.36. The monoisotopic (exact) mass is 418 g/mol. The molecule has 1 aliphatic rings. The SMILES string of the molecule is O=C(CCS(=O)(=O)c1ccc(F)cc1)N1CCCC1c1nc2ccccc2s1. The molecule has 0 saturated carbocycles. The van der Waals surface area contributed by atoms with Crippen LogP contribution in [-0.4, -0.2) is 36.5 Å². The van der Waals surface area contributed by atoms with Gasteiger partial charge in [-0.3, -0.25) is 4.79 Å². The lowest BCUT2D eigenvalue weighted by Crippen LogP contribution is -2.31. The summed E-state index contributed by atoms with van der Waals surface area (Å²) in [6, 6.07) is 12.4. The second kappa shape index (κ2) is 7.60. The van der Waals surface area contributed by atoms with Crippen molar-refractivity contribution in [1.29, 1.82) is 0 Å². The molecule has 4 rings (SSSR count). The van der Waals surface area contributed by atoms with Crippen LogP contribution in [0.1, 0.15) is 30.3 Å². The van der Waals surface area contributed by atoms with Crippen LogP contribution in [-0.2, 0) is 14.6 Å². The molecule has 2 heterocycles. The van der Waals surface area contributed by atoms with Gasteiger partial charge in [0, 0.05) is 13.0 Å². The molecule has 8 heteroatoms. The van der Waals surface area contributed by atoms with E-state index in [1.54, 1.807) is 16.2 Å². The minimum Gasteiger partial charge on any atom is -0.333 e. The largest absolute Gasteiger partial charge is 0.333 e. The van der Waals surface area contributed by atoms with Crippen LogP contribution in [0, 0.1) is 5.82 Å². The van der Waals surface area contributed by atoms with Crippen molar-refractivity contribution in [3.05, 3.63) is 59.4 Å². The molecule has 28 heavy (non-hydrogen) atoms. The Labute approximate surface area is 166 Å². The number of carbonyl (C=O) groups is 1. The summed E-state index contributed by atoms with van der Waals surface area (Å²) in [6.07, 6.45) is 1.61. The molecule has 146 valence electrons. The van der Waals surface area contributed by atoms with E-state index in [2.05, 4.69) is 4.98 Å². The number of sulfone groups is 1. The van der Waals surface area contributed by atoms with E-state index in [1.807, 2.05) is 24.3 Å². The highest BCUT2D eigenvalue weighted by Gasteiger charge is 2.32. The Kier molecular flexibility index (Phi) is 5.16. The Morgan fingerprint density at radius 2 is 1.93 bits per heavy atom. The maximum Gasteiger partial charge on any atom is 0.224 e. The summed E-state index contributed by atoms with van der Waals surface area (Å²) in [4.78, 5) is 19.2. The molecule has 1 atom stereocenters. The predicted molar refractivity (Wildman–Crippen MR) is 106 cm³/mol. The van der Waals surface area contributed by atoms with Crippen LogP contribution < -0.4 is 0 Å². The molecule has 5 nitrogen and oxygen atoms in total. The zero-order valence-electron chi connectivity index (χ0n) is 15.0. The first kappa shape index (κ1) is 19.0. The molecule has 0 aliphatic carbocycles. The van der Waals surface area contributed by atoms with Gasteiger partial charge in [0.05, 0.1) is 26.9 Å².